The molecule has 0 radical (unpaired) electrons. The van der Waals surface area contributed by atoms with Crippen LogP contribution in [0.25, 0.3) is 0 Å². The third kappa shape index (κ3) is 3.87. The van der Waals surface area contributed by atoms with Crippen molar-refractivity contribution in [1.82, 2.24) is 14.7 Å². The number of hydrogen-bond donors (Lipinski definition) is 3. The van der Waals surface area contributed by atoms with Crippen molar-refractivity contribution < 1.29 is 4.79 Å². The first-order valence-corrected chi connectivity index (χ1v) is 10.3. The van der Waals surface area contributed by atoms with E-state index in [0.29, 0.717) is 34.9 Å². The molecule has 1 aromatic carbocycles. The molecule has 2 fully saturated rings. The highest BCUT2D eigenvalue weighted by Gasteiger charge is 2.36. The van der Waals surface area contributed by atoms with Crippen LogP contribution >= 0.6 is 11.6 Å². The summed E-state index contributed by atoms with van der Waals surface area (Å²) in [5.41, 5.74) is 12.9. The molecule has 2 heterocycles. The van der Waals surface area contributed by atoms with E-state index in [0.717, 1.165) is 24.9 Å². The van der Waals surface area contributed by atoms with E-state index in [1.165, 1.54) is 19.5 Å². The van der Waals surface area contributed by atoms with E-state index in [1.54, 1.807) is 18.3 Å². The van der Waals surface area contributed by atoms with Crippen molar-refractivity contribution in [2.75, 3.05) is 25.0 Å². The molecule has 0 bridgehead atoms. The van der Waals surface area contributed by atoms with Crippen LogP contribution in [-0.4, -0.2) is 46.3 Å². The minimum Gasteiger partial charge on any atom is -0.365 e. The van der Waals surface area contributed by atoms with E-state index in [2.05, 4.69) is 15.3 Å². The average molecular weight is 403 g/mol. The van der Waals surface area contributed by atoms with Crippen LogP contribution in [0.3, 0.4) is 0 Å². The summed E-state index contributed by atoms with van der Waals surface area (Å²) in [4.78, 5) is 14.5. The Morgan fingerprint density at radius 1 is 1.25 bits per heavy atom. The molecule has 0 spiro atoms. The number of nitrogens with two attached hydrogens (primary N) is 2. The van der Waals surface area contributed by atoms with Crippen molar-refractivity contribution >= 4 is 29.0 Å². The largest absolute Gasteiger partial charge is 0.365 e. The number of rotatable bonds is 6. The van der Waals surface area contributed by atoms with Crippen molar-refractivity contribution in [2.45, 2.75) is 37.8 Å². The summed E-state index contributed by atoms with van der Waals surface area (Å²) >= 11 is 5.95. The SMILES string of the molecule is NC[C@H]1C[C@H](N2CCC2)CC[C@@H]1n1cc(C(N)=O)c(Nc2ccc(Cl)cc2)n1. The quantitative estimate of drug-likeness (QED) is 0.689. The lowest BCUT2D eigenvalue weighted by Gasteiger charge is -2.44. The lowest BCUT2D eigenvalue weighted by atomic mass is 9.80. The standard InChI is InChI=1S/C20H27ClN6O/c21-14-2-4-15(5-3-14)24-20-17(19(23)28)12-27(25-20)18-7-6-16(10-13(18)11-22)26-8-1-9-26/h2-5,12-13,16,18H,1,6-11,22H2,(H2,23,28)(H,24,25)/t13-,16-,18+/m1/s1. The summed E-state index contributed by atoms with van der Waals surface area (Å²) in [7, 11) is 0. The first-order valence-electron chi connectivity index (χ1n) is 9.91. The zero-order chi connectivity index (χ0) is 19.7. The van der Waals surface area contributed by atoms with E-state index in [4.69, 9.17) is 23.1 Å². The third-order valence-electron chi connectivity index (χ3n) is 6.07. The zero-order valence-corrected chi connectivity index (χ0v) is 16.6. The third-order valence-corrected chi connectivity index (χ3v) is 6.32. The number of amides is 1. The highest BCUT2D eigenvalue weighted by Crippen LogP contribution is 2.37. The van der Waals surface area contributed by atoms with Crippen molar-refractivity contribution in [3.63, 3.8) is 0 Å². The molecule has 5 N–H and O–H groups in total. The van der Waals surface area contributed by atoms with Crippen molar-refractivity contribution in [3.05, 3.63) is 41.0 Å². The van der Waals surface area contributed by atoms with E-state index in [9.17, 15) is 4.79 Å². The lowest BCUT2D eigenvalue weighted by Crippen LogP contribution is -2.49. The lowest BCUT2D eigenvalue weighted by molar-refractivity contribution is 0.0548. The van der Waals surface area contributed by atoms with Crippen molar-refractivity contribution in [3.8, 4) is 0 Å². The minimum atomic E-state index is -0.499. The van der Waals surface area contributed by atoms with Crippen molar-refractivity contribution in [2.24, 2.45) is 17.4 Å². The topological polar surface area (TPSA) is 102 Å². The summed E-state index contributed by atoms with van der Waals surface area (Å²) in [6.07, 6.45) is 6.27. The van der Waals surface area contributed by atoms with E-state index >= 15 is 0 Å². The number of halogens is 1. The van der Waals surface area contributed by atoms with Crippen LogP contribution in [0.5, 0.6) is 0 Å². The molecular weight excluding hydrogens is 376 g/mol. The van der Waals surface area contributed by atoms with Gasteiger partial charge in [-0.25, -0.2) is 0 Å². The molecule has 4 rings (SSSR count). The predicted molar refractivity (Wildman–Crippen MR) is 111 cm³/mol. The molecule has 2 aliphatic rings. The van der Waals surface area contributed by atoms with Crippen LogP contribution in [0.2, 0.25) is 5.02 Å². The fraction of sp³-hybridized carbons (Fsp3) is 0.500. The molecule has 1 aliphatic carbocycles. The fourth-order valence-electron chi connectivity index (χ4n) is 4.37. The summed E-state index contributed by atoms with van der Waals surface area (Å²) in [5.74, 6) is 0.306. The molecular formula is C20H27ClN6O. The maximum Gasteiger partial charge on any atom is 0.254 e. The molecule has 150 valence electrons. The molecule has 8 heteroatoms. The summed E-state index contributed by atoms with van der Waals surface area (Å²) in [6.45, 7) is 3.02. The maximum atomic E-state index is 12.0. The number of carbonyl (C=O) groups is 1. The van der Waals surface area contributed by atoms with Crippen LogP contribution in [0.1, 0.15) is 42.1 Å². The highest BCUT2D eigenvalue weighted by molar-refractivity contribution is 6.30. The Balaban J connectivity index is 1.55. The minimum absolute atomic E-state index is 0.182. The molecule has 28 heavy (non-hydrogen) atoms. The first kappa shape index (κ1) is 19.2. The zero-order valence-electron chi connectivity index (χ0n) is 15.9. The summed E-state index contributed by atoms with van der Waals surface area (Å²) in [6, 6.07) is 8.05. The molecule has 1 amide bonds. The Kier molecular flexibility index (Phi) is 5.57. The second-order valence-corrected chi connectivity index (χ2v) is 8.22. The number of nitrogens with one attached hydrogen (secondary N) is 1. The van der Waals surface area contributed by atoms with Gasteiger partial charge in [0.25, 0.3) is 5.91 Å². The van der Waals surface area contributed by atoms with Crippen LogP contribution < -0.4 is 16.8 Å². The van der Waals surface area contributed by atoms with Gasteiger partial charge < -0.3 is 21.7 Å². The van der Waals surface area contributed by atoms with E-state index < -0.39 is 5.91 Å². The van der Waals surface area contributed by atoms with Gasteiger partial charge in [0.15, 0.2) is 5.82 Å². The summed E-state index contributed by atoms with van der Waals surface area (Å²) in [5, 5.41) is 8.51. The Bertz CT molecular complexity index is 832. The molecule has 7 nitrogen and oxygen atoms in total. The van der Waals surface area contributed by atoms with Gasteiger partial charge >= 0.3 is 0 Å². The Morgan fingerprint density at radius 3 is 2.61 bits per heavy atom. The van der Waals surface area contributed by atoms with Gasteiger partial charge in [0.05, 0.1) is 6.04 Å². The van der Waals surface area contributed by atoms with Gasteiger partial charge in [0, 0.05) is 22.9 Å². The van der Waals surface area contributed by atoms with Gasteiger partial charge in [0.1, 0.15) is 5.56 Å². The molecule has 0 unspecified atom stereocenters. The summed E-state index contributed by atoms with van der Waals surface area (Å²) < 4.78 is 1.89. The van der Waals surface area contributed by atoms with Crippen LogP contribution in [0.4, 0.5) is 11.5 Å². The normalized spacial score (nSPS) is 25.3. The molecule has 2 aromatic rings. The smallest absolute Gasteiger partial charge is 0.254 e. The fourth-order valence-corrected chi connectivity index (χ4v) is 4.49. The molecule has 1 saturated heterocycles. The number of primary amides is 1. The molecule has 3 atom stereocenters. The van der Waals surface area contributed by atoms with Crippen LogP contribution in [0.15, 0.2) is 30.5 Å². The number of anilines is 2. The van der Waals surface area contributed by atoms with Gasteiger partial charge in [0.2, 0.25) is 0 Å². The number of carbonyl (C=O) groups excluding carboxylic acids is 1. The van der Waals surface area contributed by atoms with Gasteiger partial charge in [-0.3, -0.25) is 9.48 Å². The second-order valence-electron chi connectivity index (χ2n) is 7.79. The second kappa shape index (κ2) is 8.11. The number of hydrogen-bond acceptors (Lipinski definition) is 5. The number of nitrogens with zero attached hydrogens (tertiary/aromatic N) is 3. The molecule has 1 aliphatic heterocycles. The van der Waals surface area contributed by atoms with Gasteiger partial charge in [-0.1, -0.05) is 11.6 Å². The van der Waals surface area contributed by atoms with E-state index in [1.807, 2.05) is 16.8 Å². The van der Waals surface area contributed by atoms with Crippen LogP contribution in [-0.2, 0) is 0 Å². The van der Waals surface area contributed by atoms with Crippen molar-refractivity contribution in [1.29, 1.82) is 0 Å². The number of aromatic nitrogens is 2. The predicted octanol–water partition coefficient (Wildman–Crippen LogP) is 2.75. The maximum absolute atomic E-state index is 12.0. The van der Waals surface area contributed by atoms with E-state index in [-0.39, 0.29) is 6.04 Å². The Hall–Kier alpha value is -2.09. The Morgan fingerprint density at radius 2 is 2.00 bits per heavy atom. The number of likely N-dealkylation sites (tertiary alicyclic amines) is 1. The molecule has 1 saturated carbocycles. The number of benzene rings is 1. The van der Waals surface area contributed by atoms with Gasteiger partial charge in [-0.15, -0.1) is 0 Å². The molecule has 1 aromatic heterocycles. The van der Waals surface area contributed by atoms with Crippen LogP contribution in [0, 0.1) is 5.92 Å². The Labute approximate surface area is 170 Å². The first-order chi connectivity index (χ1) is 13.5. The van der Waals surface area contributed by atoms with Gasteiger partial charge in [-0.2, -0.15) is 5.10 Å². The average Bonchev–Trinajstić information content (AvgIpc) is 3.06. The monoisotopic (exact) mass is 402 g/mol. The van der Waals surface area contributed by atoms with Gasteiger partial charge in [-0.05, 0) is 75.5 Å². The highest BCUT2D eigenvalue weighted by atomic mass is 35.5.